The van der Waals surface area contributed by atoms with Crippen LogP contribution in [0.3, 0.4) is 0 Å². The number of hydrogen-bond donors (Lipinski definition) is 2. The van der Waals surface area contributed by atoms with Crippen molar-refractivity contribution in [2.75, 3.05) is 6.61 Å². The number of ether oxygens (including phenoxy) is 1. The van der Waals surface area contributed by atoms with E-state index in [1.165, 1.54) is 13.1 Å². The number of aryl methyl sites for hydroxylation is 2. The van der Waals surface area contributed by atoms with Crippen LogP contribution in [0, 0.1) is 12.3 Å². The normalized spacial score (nSPS) is 10.2. The van der Waals surface area contributed by atoms with Crippen molar-refractivity contribution in [3.8, 4) is 40.8 Å². The van der Waals surface area contributed by atoms with E-state index in [2.05, 4.69) is 23.9 Å². The van der Waals surface area contributed by atoms with Crippen molar-refractivity contribution in [3.05, 3.63) is 34.1 Å². The Morgan fingerprint density at radius 1 is 1.48 bits per heavy atom. The summed E-state index contributed by atoms with van der Waals surface area (Å²) in [6.45, 7) is 1.89. The standard InChI is InChI=1S/C16H16N2O4S/c1-4-8-21-15-14(22-23)13(16(20)18(3)17-15)12-7-6-11(19)9-10(12)5-2/h1,6-7,9,19,23H,5,8H2,2-3H3. The third-order valence-corrected chi connectivity index (χ3v) is 3.48. The third kappa shape index (κ3) is 3.27. The predicted octanol–water partition coefficient (Wildman–Crippen LogP) is 1.95. The van der Waals surface area contributed by atoms with E-state index in [4.69, 9.17) is 15.3 Å². The van der Waals surface area contributed by atoms with Gasteiger partial charge >= 0.3 is 0 Å². The first-order chi connectivity index (χ1) is 11.0. The van der Waals surface area contributed by atoms with E-state index >= 15 is 0 Å². The highest BCUT2D eigenvalue weighted by Gasteiger charge is 2.22. The van der Waals surface area contributed by atoms with Crippen LogP contribution in [-0.4, -0.2) is 21.5 Å². The van der Waals surface area contributed by atoms with Gasteiger partial charge in [-0.25, -0.2) is 4.68 Å². The molecule has 23 heavy (non-hydrogen) atoms. The van der Waals surface area contributed by atoms with Crippen LogP contribution in [0.25, 0.3) is 11.1 Å². The summed E-state index contributed by atoms with van der Waals surface area (Å²) in [4.78, 5) is 12.6. The SMILES string of the molecule is C#CCOc1nn(C)c(=O)c(-c2ccc(O)cc2CC)c1OS. The van der Waals surface area contributed by atoms with Crippen molar-refractivity contribution >= 4 is 12.9 Å². The molecular formula is C16H16N2O4S. The van der Waals surface area contributed by atoms with Crippen LogP contribution in [0.5, 0.6) is 17.4 Å². The zero-order valence-corrected chi connectivity index (χ0v) is 13.6. The molecule has 0 aliphatic carbocycles. The summed E-state index contributed by atoms with van der Waals surface area (Å²) < 4.78 is 11.5. The molecule has 6 nitrogen and oxygen atoms in total. The number of phenolic OH excluding ortho intramolecular Hbond substituents is 1. The molecule has 0 bridgehead atoms. The lowest BCUT2D eigenvalue weighted by Crippen LogP contribution is -2.23. The lowest BCUT2D eigenvalue weighted by Gasteiger charge is -2.15. The minimum atomic E-state index is -0.373. The summed E-state index contributed by atoms with van der Waals surface area (Å²) in [5.74, 6) is 2.61. The maximum Gasteiger partial charge on any atom is 0.278 e. The molecule has 0 saturated carbocycles. The number of nitrogens with zero attached hydrogens (tertiary/aromatic N) is 2. The van der Waals surface area contributed by atoms with Gasteiger partial charge in [-0.2, -0.15) is 0 Å². The lowest BCUT2D eigenvalue weighted by atomic mass is 9.98. The molecule has 0 fully saturated rings. The molecule has 0 amide bonds. The quantitative estimate of drug-likeness (QED) is 0.497. The molecule has 7 heteroatoms. The van der Waals surface area contributed by atoms with Crippen LogP contribution < -0.4 is 14.5 Å². The highest BCUT2D eigenvalue weighted by molar-refractivity contribution is 7.75. The van der Waals surface area contributed by atoms with Gasteiger partial charge in [0, 0.05) is 20.0 Å². The minimum absolute atomic E-state index is 0.0228. The van der Waals surface area contributed by atoms with Gasteiger partial charge in [0.2, 0.25) is 5.75 Å². The largest absolute Gasteiger partial charge is 0.508 e. The second-order valence-corrected chi connectivity index (χ2v) is 4.90. The number of hydrogen-bond acceptors (Lipinski definition) is 6. The molecule has 0 atom stereocenters. The highest BCUT2D eigenvalue weighted by Crippen LogP contribution is 2.37. The summed E-state index contributed by atoms with van der Waals surface area (Å²) in [5.41, 5.74) is 1.27. The van der Waals surface area contributed by atoms with E-state index in [0.717, 1.165) is 10.2 Å². The average molecular weight is 332 g/mol. The van der Waals surface area contributed by atoms with Crippen molar-refractivity contribution in [2.45, 2.75) is 13.3 Å². The number of terminal acetylenes is 1. The summed E-state index contributed by atoms with van der Waals surface area (Å²) in [7, 11) is 1.50. The van der Waals surface area contributed by atoms with Crippen LogP contribution in [0.15, 0.2) is 23.0 Å². The van der Waals surface area contributed by atoms with Crippen molar-refractivity contribution < 1.29 is 14.0 Å². The van der Waals surface area contributed by atoms with Crippen LogP contribution in [0.1, 0.15) is 12.5 Å². The van der Waals surface area contributed by atoms with Gasteiger partial charge in [-0.15, -0.1) is 11.5 Å². The Hall–Kier alpha value is -2.59. The number of rotatable bonds is 5. The molecule has 1 aromatic heterocycles. The van der Waals surface area contributed by atoms with E-state index in [9.17, 15) is 9.90 Å². The Kier molecular flexibility index (Phi) is 5.19. The van der Waals surface area contributed by atoms with Gasteiger partial charge in [0.05, 0.1) is 5.56 Å². The summed E-state index contributed by atoms with van der Waals surface area (Å²) in [5, 5.41) is 13.7. The molecule has 0 saturated heterocycles. The molecule has 0 aliphatic heterocycles. The number of thiol groups is 1. The molecule has 2 aromatic rings. The third-order valence-electron chi connectivity index (χ3n) is 3.29. The van der Waals surface area contributed by atoms with Crippen LogP contribution in [0.4, 0.5) is 0 Å². The molecule has 1 N–H and O–H groups in total. The molecular weight excluding hydrogens is 316 g/mol. The van der Waals surface area contributed by atoms with E-state index in [1.807, 2.05) is 6.92 Å². The first-order valence-electron chi connectivity index (χ1n) is 6.84. The summed E-state index contributed by atoms with van der Waals surface area (Å²) >= 11 is 3.82. The maximum atomic E-state index is 12.6. The second-order valence-electron chi connectivity index (χ2n) is 4.72. The van der Waals surface area contributed by atoms with Gasteiger partial charge in [-0.1, -0.05) is 18.9 Å². The predicted molar refractivity (Wildman–Crippen MR) is 89.9 cm³/mol. The molecule has 2 rings (SSSR count). The number of benzene rings is 1. The van der Waals surface area contributed by atoms with E-state index in [1.54, 1.807) is 12.1 Å². The fourth-order valence-electron chi connectivity index (χ4n) is 2.24. The monoisotopic (exact) mass is 332 g/mol. The van der Waals surface area contributed by atoms with E-state index in [-0.39, 0.29) is 35.1 Å². The van der Waals surface area contributed by atoms with Crippen LogP contribution in [-0.2, 0) is 13.5 Å². The zero-order valence-electron chi connectivity index (χ0n) is 12.7. The number of aromatic nitrogens is 2. The van der Waals surface area contributed by atoms with Crippen molar-refractivity contribution in [2.24, 2.45) is 7.05 Å². The van der Waals surface area contributed by atoms with E-state index < -0.39 is 0 Å². The van der Waals surface area contributed by atoms with Crippen molar-refractivity contribution in [1.82, 2.24) is 9.78 Å². The fraction of sp³-hybridized carbons (Fsp3) is 0.250. The van der Waals surface area contributed by atoms with Crippen LogP contribution >= 0.6 is 12.9 Å². The van der Waals surface area contributed by atoms with Gasteiger partial charge in [-0.3, -0.25) is 4.79 Å². The van der Waals surface area contributed by atoms with Gasteiger partial charge in [0.25, 0.3) is 11.4 Å². The Bertz CT molecular complexity index is 824. The number of aromatic hydroxyl groups is 1. The highest BCUT2D eigenvalue weighted by atomic mass is 32.1. The van der Waals surface area contributed by atoms with Gasteiger partial charge in [0.15, 0.2) is 6.61 Å². The Labute approximate surface area is 139 Å². The second kappa shape index (κ2) is 7.11. The summed E-state index contributed by atoms with van der Waals surface area (Å²) in [6, 6.07) is 4.74. The molecule has 120 valence electrons. The van der Waals surface area contributed by atoms with Crippen molar-refractivity contribution in [3.63, 3.8) is 0 Å². The van der Waals surface area contributed by atoms with Gasteiger partial charge < -0.3 is 14.0 Å². The van der Waals surface area contributed by atoms with Gasteiger partial charge in [0.1, 0.15) is 5.75 Å². The van der Waals surface area contributed by atoms with Gasteiger partial charge in [-0.05, 0) is 29.7 Å². The fourth-order valence-corrected chi connectivity index (χ4v) is 2.41. The smallest absolute Gasteiger partial charge is 0.278 e. The topological polar surface area (TPSA) is 73.6 Å². The number of phenols is 1. The Morgan fingerprint density at radius 2 is 2.22 bits per heavy atom. The molecule has 0 radical (unpaired) electrons. The molecule has 0 aliphatic rings. The Morgan fingerprint density at radius 3 is 2.83 bits per heavy atom. The van der Waals surface area contributed by atoms with E-state index in [0.29, 0.717) is 12.0 Å². The first kappa shape index (κ1) is 16.8. The molecule has 0 unspecified atom stereocenters. The Balaban J connectivity index is 2.78. The molecule has 1 heterocycles. The van der Waals surface area contributed by atoms with Crippen molar-refractivity contribution in [1.29, 1.82) is 0 Å². The first-order valence-corrected chi connectivity index (χ1v) is 7.21. The summed E-state index contributed by atoms with van der Waals surface area (Å²) in [6.07, 6.45) is 5.80. The minimum Gasteiger partial charge on any atom is -0.508 e. The lowest BCUT2D eigenvalue weighted by molar-refractivity contribution is 0.332. The van der Waals surface area contributed by atoms with Crippen LogP contribution in [0.2, 0.25) is 0 Å². The average Bonchev–Trinajstić information content (AvgIpc) is 2.55. The maximum absolute atomic E-state index is 12.6. The molecule has 0 spiro atoms. The zero-order chi connectivity index (χ0) is 17.0. The molecule has 1 aromatic carbocycles.